The Morgan fingerprint density at radius 2 is 2.08 bits per heavy atom. The molecule has 122 valence electrons. The number of aromatic carboxylic acids is 1. The van der Waals surface area contributed by atoms with Gasteiger partial charge in [-0.05, 0) is 31.5 Å². The van der Waals surface area contributed by atoms with Gasteiger partial charge in [0.05, 0.1) is 0 Å². The van der Waals surface area contributed by atoms with Gasteiger partial charge in [-0.3, -0.25) is 0 Å². The molecule has 0 radical (unpaired) electrons. The summed E-state index contributed by atoms with van der Waals surface area (Å²) in [5.74, 6) is 0.0229. The number of nitrogens with zero attached hydrogens (tertiary/aromatic N) is 4. The Hall–Kier alpha value is -2.73. The Morgan fingerprint density at radius 1 is 1.29 bits per heavy atom. The zero-order chi connectivity index (χ0) is 17.3. The summed E-state index contributed by atoms with van der Waals surface area (Å²) in [6, 6.07) is 8.73. The van der Waals surface area contributed by atoms with Gasteiger partial charge in [-0.2, -0.15) is 5.10 Å². The van der Waals surface area contributed by atoms with Crippen molar-refractivity contribution in [1.82, 2.24) is 19.7 Å². The lowest BCUT2D eigenvalue weighted by molar-refractivity contribution is 0.0690. The highest BCUT2D eigenvalue weighted by atomic mass is 35.5. The predicted molar refractivity (Wildman–Crippen MR) is 90.7 cm³/mol. The molecule has 7 heteroatoms. The minimum absolute atomic E-state index is 0.0300. The number of carboxylic acids is 1. The summed E-state index contributed by atoms with van der Waals surface area (Å²) in [6.07, 6.45) is 2.30. The van der Waals surface area contributed by atoms with Crippen LogP contribution in [-0.4, -0.2) is 30.8 Å². The van der Waals surface area contributed by atoms with Gasteiger partial charge in [0.25, 0.3) is 0 Å². The molecular weight excluding hydrogens is 328 g/mol. The number of rotatable bonds is 4. The van der Waals surface area contributed by atoms with E-state index in [4.69, 9.17) is 16.7 Å². The van der Waals surface area contributed by atoms with E-state index in [0.29, 0.717) is 23.1 Å². The van der Waals surface area contributed by atoms with Crippen LogP contribution in [0.5, 0.6) is 0 Å². The molecule has 2 aromatic heterocycles. The summed E-state index contributed by atoms with van der Waals surface area (Å²) in [4.78, 5) is 20.2. The summed E-state index contributed by atoms with van der Waals surface area (Å²) < 4.78 is 1.48. The van der Waals surface area contributed by atoms with Gasteiger partial charge in [0.15, 0.2) is 17.3 Å². The van der Waals surface area contributed by atoms with Crippen molar-refractivity contribution in [3.8, 4) is 17.2 Å². The average molecular weight is 343 g/mol. The molecule has 0 bridgehead atoms. The first-order chi connectivity index (χ1) is 11.5. The maximum Gasteiger partial charge on any atom is 0.356 e. The first-order valence-electron chi connectivity index (χ1n) is 7.42. The molecular formula is C17H15ClN4O2. The van der Waals surface area contributed by atoms with Gasteiger partial charge in [0.2, 0.25) is 0 Å². The van der Waals surface area contributed by atoms with E-state index in [1.807, 2.05) is 26.0 Å². The minimum Gasteiger partial charge on any atom is -0.476 e. The van der Waals surface area contributed by atoms with Gasteiger partial charge in [0, 0.05) is 28.0 Å². The van der Waals surface area contributed by atoms with Crippen LogP contribution in [-0.2, 0) is 6.42 Å². The zero-order valence-electron chi connectivity index (χ0n) is 13.2. The summed E-state index contributed by atoms with van der Waals surface area (Å²) >= 11 is 6.05. The van der Waals surface area contributed by atoms with Crippen LogP contribution in [0.25, 0.3) is 17.2 Å². The van der Waals surface area contributed by atoms with Gasteiger partial charge in [-0.25, -0.2) is 19.4 Å². The summed E-state index contributed by atoms with van der Waals surface area (Å²) in [6.45, 7) is 3.90. The normalized spacial score (nSPS) is 10.8. The van der Waals surface area contributed by atoms with Crippen LogP contribution < -0.4 is 0 Å². The maximum atomic E-state index is 11.1. The van der Waals surface area contributed by atoms with Crippen molar-refractivity contribution < 1.29 is 9.90 Å². The van der Waals surface area contributed by atoms with Crippen molar-refractivity contribution >= 4 is 17.6 Å². The predicted octanol–water partition coefficient (Wildman–Crippen LogP) is 3.55. The lowest BCUT2D eigenvalue weighted by atomic mass is 10.1. The van der Waals surface area contributed by atoms with E-state index in [2.05, 4.69) is 15.1 Å². The first kappa shape index (κ1) is 16.1. The number of aromatic nitrogens is 4. The van der Waals surface area contributed by atoms with Gasteiger partial charge < -0.3 is 5.11 Å². The maximum absolute atomic E-state index is 11.1. The molecule has 1 N–H and O–H groups in total. The molecule has 0 saturated heterocycles. The third-order valence-corrected chi connectivity index (χ3v) is 3.89. The number of carbonyl (C=O) groups is 1. The lowest BCUT2D eigenvalue weighted by Crippen LogP contribution is -2.09. The topological polar surface area (TPSA) is 80.9 Å². The molecule has 3 rings (SSSR count). The van der Waals surface area contributed by atoms with Crippen molar-refractivity contribution in [3.05, 3.63) is 58.5 Å². The average Bonchev–Trinajstić information content (AvgIpc) is 3.04. The number of carboxylic acid groups (broad SMARTS) is 1. The van der Waals surface area contributed by atoms with E-state index in [9.17, 15) is 4.79 Å². The number of halogens is 1. The molecule has 3 aromatic rings. The molecule has 0 unspecified atom stereocenters. The standard InChI is InChI=1S/C17H15ClN4O2/c1-3-13-10(2)19-15(11-5-4-6-12(18)9-11)20-16(13)22-8-7-14(21-22)17(23)24/h4-9H,3H2,1-2H3,(H,23,24). The Balaban J connectivity index is 2.18. The van der Waals surface area contributed by atoms with E-state index in [-0.39, 0.29) is 5.69 Å². The molecule has 6 nitrogen and oxygen atoms in total. The van der Waals surface area contributed by atoms with Crippen molar-refractivity contribution in [2.45, 2.75) is 20.3 Å². The Bertz CT molecular complexity index is 921. The lowest BCUT2D eigenvalue weighted by Gasteiger charge is -2.12. The Kier molecular flexibility index (Phi) is 4.31. The minimum atomic E-state index is -1.08. The molecule has 0 spiro atoms. The molecule has 0 atom stereocenters. The SMILES string of the molecule is CCc1c(C)nc(-c2cccc(Cl)c2)nc1-n1ccc(C(=O)O)n1. The smallest absolute Gasteiger partial charge is 0.356 e. The number of hydrogen-bond acceptors (Lipinski definition) is 4. The molecule has 1 aromatic carbocycles. The second-order valence-corrected chi connectivity index (χ2v) is 5.69. The van der Waals surface area contributed by atoms with Crippen molar-refractivity contribution in [3.63, 3.8) is 0 Å². The molecule has 24 heavy (non-hydrogen) atoms. The van der Waals surface area contributed by atoms with Crippen LogP contribution in [0, 0.1) is 6.92 Å². The van der Waals surface area contributed by atoms with Crippen molar-refractivity contribution in [2.75, 3.05) is 0 Å². The monoisotopic (exact) mass is 342 g/mol. The van der Waals surface area contributed by atoms with Gasteiger partial charge in [0.1, 0.15) is 0 Å². The third kappa shape index (κ3) is 3.00. The van der Waals surface area contributed by atoms with Gasteiger partial charge >= 0.3 is 5.97 Å². The zero-order valence-corrected chi connectivity index (χ0v) is 13.9. The highest BCUT2D eigenvalue weighted by Gasteiger charge is 2.16. The van der Waals surface area contributed by atoms with Crippen LogP contribution in [0.3, 0.4) is 0 Å². The fourth-order valence-corrected chi connectivity index (χ4v) is 2.69. The van der Waals surface area contributed by atoms with Gasteiger partial charge in [-0.15, -0.1) is 0 Å². The quantitative estimate of drug-likeness (QED) is 0.784. The van der Waals surface area contributed by atoms with Crippen molar-refractivity contribution in [2.24, 2.45) is 0 Å². The van der Waals surface area contributed by atoms with E-state index in [0.717, 1.165) is 16.8 Å². The molecule has 0 aliphatic rings. The van der Waals surface area contributed by atoms with E-state index >= 15 is 0 Å². The van der Waals surface area contributed by atoms with Crippen molar-refractivity contribution in [1.29, 1.82) is 0 Å². The second-order valence-electron chi connectivity index (χ2n) is 5.25. The molecule has 0 fully saturated rings. The highest BCUT2D eigenvalue weighted by molar-refractivity contribution is 6.30. The van der Waals surface area contributed by atoms with Crippen LogP contribution in [0.2, 0.25) is 5.02 Å². The first-order valence-corrected chi connectivity index (χ1v) is 7.80. The van der Waals surface area contributed by atoms with E-state index in [1.165, 1.54) is 10.7 Å². The second kappa shape index (κ2) is 6.41. The number of benzene rings is 1. The van der Waals surface area contributed by atoms with E-state index in [1.54, 1.807) is 18.3 Å². The highest BCUT2D eigenvalue weighted by Crippen LogP contribution is 2.24. The largest absolute Gasteiger partial charge is 0.476 e. The Labute approximate surface area is 143 Å². The van der Waals surface area contributed by atoms with Gasteiger partial charge in [-0.1, -0.05) is 30.7 Å². The third-order valence-electron chi connectivity index (χ3n) is 3.65. The van der Waals surface area contributed by atoms with Crippen LogP contribution in [0.15, 0.2) is 36.5 Å². The fourth-order valence-electron chi connectivity index (χ4n) is 2.50. The molecule has 2 heterocycles. The summed E-state index contributed by atoms with van der Waals surface area (Å²) in [7, 11) is 0. The summed E-state index contributed by atoms with van der Waals surface area (Å²) in [5.41, 5.74) is 2.50. The van der Waals surface area contributed by atoms with E-state index < -0.39 is 5.97 Å². The summed E-state index contributed by atoms with van der Waals surface area (Å²) in [5, 5.41) is 13.7. The molecule has 0 aliphatic heterocycles. The fraction of sp³-hybridized carbons (Fsp3) is 0.176. The Morgan fingerprint density at radius 3 is 2.71 bits per heavy atom. The molecule has 0 amide bonds. The van der Waals surface area contributed by atoms with Crippen LogP contribution in [0.1, 0.15) is 28.7 Å². The molecule has 0 aliphatic carbocycles. The molecule has 0 saturated carbocycles. The number of aryl methyl sites for hydroxylation is 1. The van der Waals surface area contributed by atoms with Crippen LogP contribution in [0.4, 0.5) is 0 Å². The van der Waals surface area contributed by atoms with Crippen LogP contribution >= 0.6 is 11.6 Å². The number of hydrogen-bond donors (Lipinski definition) is 1.